The zero-order chi connectivity index (χ0) is 19.5. The largest absolute Gasteiger partial charge is 0.507 e. The van der Waals surface area contributed by atoms with Crippen molar-refractivity contribution < 1.29 is 14.7 Å². The maximum atomic E-state index is 12.8. The monoisotopic (exact) mass is 389 g/mol. The third kappa shape index (κ3) is 3.37. The second kappa shape index (κ2) is 7.82. The number of carbonyl (C=O) groups is 2. The zero-order valence-corrected chi connectivity index (χ0v) is 15.9. The van der Waals surface area contributed by atoms with Gasteiger partial charge in [-0.3, -0.25) is 9.59 Å². The number of nitrogens with zero attached hydrogens (tertiary/aromatic N) is 1. The summed E-state index contributed by atoms with van der Waals surface area (Å²) in [5, 5.41) is 12.8. The minimum atomic E-state index is -0.632. The van der Waals surface area contributed by atoms with Gasteiger partial charge in [0.05, 0.1) is 11.6 Å². The molecule has 1 unspecified atom stereocenters. The fraction of sp³-hybridized carbons (Fsp3) is 0.130. The number of ketones is 1. The van der Waals surface area contributed by atoms with Crippen LogP contribution >= 0.6 is 11.3 Å². The maximum Gasteiger partial charge on any atom is 0.295 e. The highest BCUT2D eigenvalue weighted by Crippen LogP contribution is 2.41. The molecule has 3 aromatic rings. The molecule has 0 bridgehead atoms. The van der Waals surface area contributed by atoms with E-state index < -0.39 is 17.7 Å². The van der Waals surface area contributed by atoms with Gasteiger partial charge in [0.1, 0.15) is 5.76 Å². The Balaban J connectivity index is 1.74. The first-order chi connectivity index (χ1) is 13.7. The Morgan fingerprint density at radius 3 is 2.25 bits per heavy atom. The minimum absolute atomic E-state index is 0.125. The molecular formula is C23H19NO3S. The van der Waals surface area contributed by atoms with Crippen LogP contribution in [0.1, 0.15) is 22.0 Å². The summed E-state index contributed by atoms with van der Waals surface area (Å²) in [7, 11) is 0. The lowest BCUT2D eigenvalue weighted by Crippen LogP contribution is -2.31. The van der Waals surface area contributed by atoms with E-state index in [2.05, 4.69) is 0 Å². The molecule has 1 amide bonds. The van der Waals surface area contributed by atoms with Gasteiger partial charge in [0, 0.05) is 17.0 Å². The number of hydrogen-bond donors (Lipinski definition) is 1. The Bertz CT molecular complexity index is 1010. The SMILES string of the molecule is O=C1C(=O)N(CCc2ccccc2)C(c2cccs2)/C1=C(\O)c1ccccc1. The number of aliphatic hydroxyl groups excluding tert-OH is 1. The fourth-order valence-electron chi connectivity index (χ4n) is 3.50. The van der Waals surface area contributed by atoms with Gasteiger partial charge in [-0.2, -0.15) is 0 Å². The fourth-order valence-corrected chi connectivity index (χ4v) is 4.34. The quantitative estimate of drug-likeness (QED) is 0.399. The van der Waals surface area contributed by atoms with Crippen molar-refractivity contribution in [1.29, 1.82) is 0 Å². The van der Waals surface area contributed by atoms with Crippen LogP contribution in [0, 0.1) is 0 Å². The molecular weight excluding hydrogens is 370 g/mol. The van der Waals surface area contributed by atoms with Crippen LogP contribution in [0.5, 0.6) is 0 Å². The Morgan fingerprint density at radius 1 is 0.929 bits per heavy atom. The van der Waals surface area contributed by atoms with E-state index in [-0.39, 0.29) is 11.3 Å². The van der Waals surface area contributed by atoms with Crippen LogP contribution in [0.2, 0.25) is 0 Å². The highest BCUT2D eigenvalue weighted by Gasteiger charge is 2.46. The summed E-state index contributed by atoms with van der Waals surface area (Å²) in [4.78, 5) is 28.1. The van der Waals surface area contributed by atoms with E-state index >= 15 is 0 Å². The summed E-state index contributed by atoms with van der Waals surface area (Å²) < 4.78 is 0. The molecule has 4 nitrogen and oxygen atoms in total. The van der Waals surface area contributed by atoms with E-state index in [1.807, 2.05) is 53.9 Å². The van der Waals surface area contributed by atoms with Gasteiger partial charge in [0.2, 0.25) is 0 Å². The van der Waals surface area contributed by atoms with Crippen molar-refractivity contribution in [2.24, 2.45) is 0 Å². The van der Waals surface area contributed by atoms with Crippen molar-refractivity contribution in [1.82, 2.24) is 4.90 Å². The van der Waals surface area contributed by atoms with E-state index in [9.17, 15) is 14.7 Å². The Morgan fingerprint density at radius 2 is 1.61 bits per heavy atom. The molecule has 0 saturated carbocycles. The van der Waals surface area contributed by atoms with Gasteiger partial charge in [0.15, 0.2) is 0 Å². The molecule has 140 valence electrons. The molecule has 1 saturated heterocycles. The minimum Gasteiger partial charge on any atom is -0.507 e. The average molecular weight is 389 g/mol. The lowest BCUT2D eigenvalue weighted by Gasteiger charge is -2.24. The number of benzene rings is 2. The lowest BCUT2D eigenvalue weighted by atomic mass is 10.00. The highest BCUT2D eigenvalue weighted by molar-refractivity contribution is 7.10. The Hall–Kier alpha value is -3.18. The van der Waals surface area contributed by atoms with Crippen molar-refractivity contribution in [3.05, 3.63) is 99.8 Å². The van der Waals surface area contributed by atoms with E-state index in [1.54, 1.807) is 29.2 Å². The van der Waals surface area contributed by atoms with E-state index in [0.717, 1.165) is 10.4 Å². The number of aliphatic hydroxyl groups is 1. The number of thiophene rings is 1. The molecule has 1 atom stereocenters. The molecule has 1 N–H and O–H groups in total. The first kappa shape index (κ1) is 18.2. The summed E-state index contributed by atoms with van der Waals surface area (Å²) in [6.45, 7) is 0.405. The molecule has 1 aromatic heterocycles. The van der Waals surface area contributed by atoms with Gasteiger partial charge in [-0.25, -0.2) is 0 Å². The van der Waals surface area contributed by atoms with Crippen LogP contribution in [0.4, 0.5) is 0 Å². The maximum absolute atomic E-state index is 12.8. The second-order valence-corrected chi connectivity index (χ2v) is 7.59. The van der Waals surface area contributed by atoms with Crippen molar-refractivity contribution in [2.75, 3.05) is 6.54 Å². The molecule has 0 aliphatic carbocycles. The predicted molar refractivity (Wildman–Crippen MR) is 110 cm³/mol. The topological polar surface area (TPSA) is 57.6 Å². The standard InChI is InChI=1S/C23H19NO3S/c25-21(17-10-5-2-6-11-17)19-20(18-12-7-15-28-18)24(23(27)22(19)26)14-13-16-8-3-1-4-9-16/h1-12,15,20,25H,13-14H2/b21-19+. The normalized spacial score (nSPS) is 18.6. The first-order valence-corrected chi connectivity index (χ1v) is 9.96. The first-order valence-electron chi connectivity index (χ1n) is 9.08. The van der Waals surface area contributed by atoms with Crippen LogP contribution < -0.4 is 0 Å². The van der Waals surface area contributed by atoms with Crippen molar-refractivity contribution in [3.63, 3.8) is 0 Å². The summed E-state index contributed by atoms with van der Waals surface area (Å²) >= 11 is 1.47. The second-order valence-electron chi connectivity index (χ2n) is 6.61. The van der Waals surface area contributed by atoms with Crippen molar-refractivity contribution >= 4 is 28.8 Å². The van der Waals surface area contributed by atoms with Crippen molar-refractivity contribution in [2.45, 2.75) is 12.5 Å². The van der Waals surface area contributed by atoms with Crippen LogP contribution in [0.25, 0.3) is 5.76 Å². The molecule has 1 fully saturated rings. The van der Waals surface area contributed by atoms with Crippen LogP contribution in [0.3, 0.4) is 0 Å². The lowest BCUT2D eigenvalue weighted by molar-refractivity contribution is -0.139. The number of likely N-dealkylation sites (tertiary alicyclic amines) is 1. The van der Waals surface area contributed by atoms with Gasteiger partial charge in [-0.15, -0.1) is 11.3 Å². The molecule has 2 heterocycles. The number of carbonyl (C=O) groups excluding carboxylic acids is 2. The highest BCUT2D eigenvalue weighted by atomic mass is 32.1. The van der Waals surface area contributed by atoms with Crippen LogP contribution in [-0.4, -0.2) is 28.2 Å². The zero-order valence-electron chi connectivity index (χ0n) is 15.1. The third-order valence-electron chi connectivity index (χ3n) is 4.88. The Labute approximate surface area is 167 Å². The molecule has 28 heavy (non-hydrogen) atoms. The molecule has 5 heteroatoms. The van der Waals surface area contributed by atoms with E-state index in [1.165, 1.54) is 11.3 Å². The van der Waals surface area contributed by atoms with Gasteiger partial charge in [-0.05, 0) is 23.4 Å². The number of amides is 1. The molecule has 1 aliphatic rings. The van der Waals surface area contributed by atoms with Crippen LogP contribution in [0.15, 0.2) is 83.7 Å². The summed E-state index contributed by atoms with van der Waals surface area (Å²) in [5.41, 5.74) is 1.79. The average Bonchev–Trinajstić information content (AvgIpc) is 3.35. The molecule has 0 spiro atoms. The number of Topliss-reactive ketones (excluding diaryl/α,β-unsaturated/α-hetero) is 1. The van der Waals surface area contributed by atoms with Gasteiger partial charge in [-0.1, -0.05) is 66.7 Å². The Kier molecular flexibility index (Phi) is 5.08. The number of rotatable bonds is 5. The number of hydrogen-bond acceptors (Lipinski definition) is 4. The summed E-state index contributed by atoms with van der Waals surface area (Å²) in [6.07, 6.45) is 0.640. The molecule has 0 radical (unpaired) electrons. The van der Waals surface area contributed by atoms with Gasteiger partial charge < -0.3 is 10.0 Å². The van der Waals surface area contributed by atoms with E-state index in [4.69, 9.17) is 0 Å². The van der Waals surface area contributed by atoms with Gasteiger partial charge in [0.25, 0.3) is 11.7 Å². The van der Waals surface area contributed by atoms with E-state index in [0.29, 0.717) is 18.5 Å². The molecule has 4 rings (SSSR count). The van der Waals surface area contributed by atoms with Crippen molar-refractivity contribution in [3.8, 4) is 0 Å². The van der Waals surface area contributed by atoms with Crippen LogP contribution in [-0.2, 0) is 16.0 Å². The van der Waals surface area contributed by atoms with Gasteiger partial charge >= 0.3 is 0 Å². The smallest absolute Gasteiger partial charge is 0.295 e. The summed E-state index contributed by atoms with van der Waals surface area (Å²) in [5.74, 6) is -1.32. The predicted octanol–water partition coefficient (Wildman–Crippen LogP) is 4.41. The third-order valence-corrected chi connectivity index (χ3v) is 5.81. The molecule has 2 aromatic carbocycles. The molecule has 1 aliphatic heterocycles. The summed E-state index contributed by atoms with van der Waals surface area (Å²) in [6, 6.07) is 22.0.